The molecule has 10 nitrogen and oxygen atoms in total. The first-order chi connectivity index (χ1) is 22.4. The van der Waals surface area contributed by atoms with Crippen molar-refractivity contribution in [2.45, 2.75) is 45.7 Å². The maximum atomic E-state index is 14.3. The molecule has 1 atom stereocenters. The number of sulfone groups is 1. The van der Waals surface area contributed by atoms with E-state index in [1.54, 1.807) is 19.2 Å². The Morgan fingerprint density at radius 1 is 1.04 bits per heavy atom. The SMILES string of the molecule is CC(=O)NCC1CCN(Cc2cc(-c3ccc(ON4CCN(C(C)CCS(C)(=O)=O)CC4)nc3)nc(-c3cc(F)cc(Cl)c3)c2)CC1. The largest absolute Gasteiger partial charge is 0.386 e. The van der Waals surface area contributed by atoms with Crippen LogP contribution in [0.5, 0.6) is 5.88 Å². The van der Waals surface area contributed by atoms with Gasteiger partial charge in [-0.1, -0.05) is 11.6 Å². The lowest BCUT2D eigenvalue weighted by Crippen LogP contribution is -2.50. The van der Waals surface area contributed by atoms with E-state index in [1.165, 1.54) is 18.4 Å². The van der Waals surface area contributed by atoms with Gasteiger partial charge in [-0.3, -0.25) is 14.6 Å². The fourth-order valence-electron chi connectivity index (χ4n) is 6.09. The molecule has 3 aromatic rings. The molecule has 1 aromatic carbocycles. The van der Waals surface area contributed by atoms with Crippen molar-refractivity contribution < 1.29 is 22.4 Å². The summed E-state index contributed by atoms with van der Waals surface area (Å²) in [4.78, 5) is 31.5. The summed E-state index contributed by atoms with van der Waals surface area (Å²) in [5.41, 5.74) is 3.80. The Hall–Kier alpha value is -3.16. The molecule has 1 unspecified atom stereocenters. The fourth-order valence-corrected chi connectivity index (χ4v) is 7.08. The van der Waals surface area contributed by atoms with Gasteiger partial charge >= 0.3 is 0 Å². The third-order valence-corrected chi connectivity index (χ3v) is 10.0. The van der Waals surface area contributed by atoms with Crippen LogP contribution in [0.2, 0.25) is 5.02 Å². The molecule has 47 heavy (non-hydrogen) atoms. The number of piperidine rings is 1. The summed E-state index contributed by atoms with van der Waals surface area (Å²) in [6.07, 6.45) is 5.64. The maximum absolute atomic E-state index is 14.3. The summed E-state index contributed by atoms with van der Waals surface area (Å²) in [5.74, 6) is 0.719. The van der Waals surface area contributed by atoms with Gasteiger partial charge in [0.15, 0.2) is 0 Å². The van der Waals surface area contributed by atoms with E-state index >= 15 is 0 Å². The topological polar surface area (TPSA) is 108 Å². The molecule has 254 valence electrons. The van der Waals surface area contributed by atoms with E-state index in [1.807, 2.05) is 23.3 Å². The molecule has 4 heterocycles. The van der Waals surface area contributed by atoms with Crippen LogP contribution < -0.4 is 10.2 Å². The molecular formula is C34H44ClFN6O4S. The van der Waals surface area contributed by atoms with Crippen LogP contribution in [-0.4, -0.2) is 103 Å². The van der Waals surface area contributed by atoms with Gasteiger partial charge in [0.05, 0.1) is 17.1 Å². The molecule has 13 heteroatoms. The number of halogens is 2. The Kier molecular flexibility index (Phi) is 11.8. The zero-order chi connectivity index (χ0) is 33.6. The van der Waals surface area contributed by atoms with Crippen molar-refractivity contribution in [1.82, 2.24) is 30.1 Å². The van der Waals surface area contributed by atoms with Gasteiger partial charge in [0.1, 0.15) is 15.7 Å². The molecule has 0 aliphatic carbocycles. The third kappa shape index (κ3) is 10.7. The normalized spacial score (nSPS) is 17.8. The summed E-state index contributed by atoms with van der Waals surface area (Å²) >= 11 is 6.21. The number of pyridine rings is 2. The van der Waals surface area contributed by atoms with Gasteiger partial charge in [0, 0.05) is 86.9 Å². The first-order valence-corrected chi connectivity index (χ1v) is 18.6. The number of hydrogen-bond acceptors (Lipinski definition) is 9. The number of carbonyl (C=O) groups is 1. The van der Waals surface area contributed by atoms with Crippen LogP contribution in [0.15, 0.2) is 48.7 Å². The highest BCUT2D eigenvalue weighted by atomic mass is 35.5. The molecule has 2 saturated heterocycles. The summed E-state index contributed by atoms with van der Waals surface area (Å²) in [6, 6.07) is 12.4. The van der Waals surface area contributed by atoms with Gasteiger partial charge in [-0.05, 0) is 87.2 Å². The zero-order valence-corrected chi connectivity index (χ0v) is 28.9. The average Bonchev–Trinajstić information content (AvgIpc) is 3.03. The molecule has 2 aliphatic rings. The van der Waals surface area contributed by atoms with Crippen molar-refractivity contribution in [2.75, 3.05) is 57.8 Å². The highest BCUT2D eigenvalue weighted by Crippen LogP contribution is 2.29. The highest BCUT2D eigenvalue weighted by molar-refractivity contribution is 7.90. The van der Waals surface area contributed by atoms with Crippen LogP contribution in [0.3, 0.4) is 0 Å². The van der Waals surface area contributed by atoms with E-state index in [0.29, 0.717) is 66.4 Å². The molecular weight excluding hydrogens is 643 g/mol. The van der Waals surface area contributed by atoms with Gasteiger partial charge in [0.2, 0.25) is 11.8 Å². The van der Waals surface area contributed by atoms with Gasteiger partial charge in [-0.15, -0.1) is 5.06 Å². The Bertz CT molecular complexity index is 1610. The second-order valence-electron chi connectivity index (χ2n) is 12.8. The van der Waals surface area contributed by atoms with Crippen LogP contribution in [0, 0.1) is 11.7 Å². The lowest BCUT2D eigenvalue weighted by molar-refractivity contribution is -0.119. The van der Waals surface area contributed by atoms with Crippen LogP contribution in [0.4, 0.5) is 4.39 Å². The summed E-state index contributed by atoms with van der Waals surface area (Å²) < 4.78 is 37.4. The molecule has 0 saturated carbocycles. The first-order valence-electron chi connectivity index (χ1n) is 16.2. The standard InChI is InChI=1S/C34H44ClFN6O4S/c1-24(8-15-47(3,44)45)41-11-13-42(14-12-41)46-34-5-4-28(22-38-34)32-16-27(17-33(39-32)29-18-30(35)20-31(36)19-29)23-40-9-6-26(7-10-40)21-37-25(2)43/h4-5,16-20,22,24,26H,6-15,21,23H2,1-3H3,(H,37,43). The van der Waals surface area contributed by atoms with Crippen LogP contribution in [-0.2, 0) is 21.2 Å². The van der Waals surface area contributed by atoms with Gasteiger partial charge < -0.3 is 10.2 Å². The summed E-state index contributed by atoms with van der Waals surface area (Å²) in [7, 11) is -2.98. The average molecular weight is 687 g/mol. The number of nitrogens with zero attached hydrogens (tertiary/aromatic N) is 5. The summed E-state index contributed by atoms with van der Waals surface area (Å²) in [6.45, 7) is 9.80. The molecule has 5 rings (SSSR count). The number of amides is 1. The minimum atomic E-state index is -2.98. The predicted octanol–water partition coefficient (Wildman–Crippen LogP) is 4.69. The van der Waals surface area contributed by atoms with Gasteiger partial charge in [-0.25, -0.2) is 22.8 Å². The third-order valence-electron chi connectivity index (χ3n) is 8.85. The Morgan fingerprint density at radius 2 is 1.74 bits per heavy atom. The van der Waals surface area contributed by atoms with Gasteiger partial charge in [0.25, 0.3) is 0 Å². The number of piperazine rings is 1. The smallest absolute Gasteiger partial charge is 0.238 e. The maximum Gasteiger partial charge on any atom is 0.238 e. The number of carbonyl (C=O) groups excluding carboxylic acids is 1. The van der Waals surface area contributed by atoms with Crippen LogP contribution in [0.1, 0.15) is 38.7 Å². The molecule has 0 radical (unpaired) electrons. The van der Waals surface area contributed by atoms with E-state index in [2.05, 4.69) is 33.1 Å². The minimum absolute atomic E-state index is 0.00383. The molecule has 1 amide bonds. The predicted molar refractivity (Wildman–Crippen MR) is 182 cm³/mol. The zero-order valence-electron chi connectivity index (χ0n) is 27.3. The second-order valence-corrected chi connectivity index (χ2v) is 15.5. The molecule has 1 N–H and O–H groups in total. The van der Waals surface area contributed by atoms with Crippen molar-refractivity contribution in [2.24, 2.45) is 5.92 Å². The first kappa shape index (κ1) is 35.2. The number of nitrogens with one attached hydrogen (secondary N) is 1. The lowest BCUT2D eigenvalue weighted by Gasteiger charge is -2.37. The molecule has 0 spiro atoms. The van der Waals surface area contributed by atoms with Crippen molar-refractivity contribution in [3.63, 3.8) is 0 Å². The van der Waals surface area contributed by atoms with Crippen molar-refractivity contribution >= 4 is 27.3 Å². The monoisotopic (exact) mass is 686 g/mol. The second kappa shape index (κ2) is 15.8. The van der Waals surface area contributed by atoms with E-state index < -0.39 is 15.7 Å². The fraction of sp³-hybridized carbons (Fsp3) is 0.500. The highest BCUT2D eigenvalue weighted by Gasteiger charge is 2.24. The number of hydroxylamine groups is 2. The van der Waals surface area contributed by atoms with E-state index in [4.69, 9.17) is 21.4 Å². The number of rotatable bonds is 12. The number of aromatic nitrogens is 2. The molecule has 2 aliphatic heterocycles. The van der Waals surface area contributed by atoms with E-state index in [9.17, 15) is 17.6 Å². The Labute approximate surface area is 282 Å². The Balaban J connectivity index is 1.26. The summed E-state index contributed by atoms with van der Waals surface area (Å²) in [5, 5.41) is 5.13. The number of likely N-dealkylation sites (tertiary alicyclic amines) is 1. The Morgan fingerprint density at radius 3 is 2.36 bits per heavy atom. The molecule has 0 bridgehead atoms. The van der Waals surface area contributed by atoms with Crippen molar-refractivity contribution in [1.29, 1.82) is 0 Å². The van der Waals surface area contributed by atoms with Crippen molar-refractivity contribution in [3.05, 3.63) is 65.1 Å². The minimum Gasteiger partial charge on any atom is -0.386 e. The van der Waals surface area contributed by atoms with E-state index in [-0.39, 0.29) is 17.7 Å². The van der Waals surface area contributed by atoms with Crippen molar-refractivity contribution in [3.8, 4) is 28.4 Å². The van der Waals surface area contributed by atoms with Crippen LogP contribution in [0.25, 0.3) is 22.5 Å². The number of hydrogen-bond donors (Lipinski definition) is 1. The molecule has 2 fully saturated rings. The molecule has 2 aromatic heterocycles. The quantitative estimate of drug-likeness (QED) is 0.291. The van der Waals surface area contributed by atoms with Crippen LogP contribution >= 0.6 is 11.6 Å². The lowest BCUT2D eigenvalue weighted by atomic mass is 9.96. The number of benzene rings is 1. The van der Waals surface area contributed by atoms with Gasteiger partial charge in [-0.2, -0.15) is 0 Å². The van der Waals surface area contributed by atoms with E-state index in [0.717, 1.165) is 50.1 Å².